The summed E-state index contributed by atoms with van der Waals surface area (Å²) in [5.74, 6) is 1.94. The van der Waals surface area contributed by atoms with Crippen molar-refractivity contribution in [2.75, 3.05) is 20.0 Å². The first kappa shape index (κ1) is 12.2. The molecule has 0 spiro atoms. The Morgan fingerprint density at radius 3 is 2.56 bits per heavy atom. The van der Waals surface area contributed by atoms with Gasteiger partial charge in [0.05, 0.1) is 14.2 Å². The Labute approximate surface area is 106 Å². The molecule has 2 aromatic rings. The lowest BCUT2D eigenvalue weighted by molar-refractivity contribution is 0.356. The molecule has 1 aromatic carbocycles. The van der Waals surface area contributed by atoms with E-state index in [1.54, 1.807) is 20.4 Å². The second-order valence-electron chi connectivity index (χ2n) is 3.97. The molecular weight excluding hydrogens is 228 g/mol. The minimum Gasteiger partial charge on any atom is -0.493 e. The van der Waals surface area contributed by atoms with Crippen molar-refractivity contribution in [2.24, 2.45) is 0 Å². The van der Waals surface area contributed by atoms with Gasteiger partial charge >= 0.3 is 0 Å². The van der Waals surface area contributed by atoms with E-state index in [1.807, 2.05) is 31.2 Å². The highest BCUT2D eigenvalue weighted by Gasteiger charge is 2.12. The monoisotopic (exact) mass is 244 g/mol. The third-order valence-corrected chi connectivity index (χ3v) is 2.83. The molecule has 0 aliphatic rings. The molecule has 0 bridgehead atoms. The van der Waals surface area contributed by atoms with E-state index < -0.39 is 0 Å². The smallest absolute Gasteiger partial charge is 0.168 e. The molecule has 94 valence electrons. The summed E-state index contributed by atoms with van der Waals surface area (Å²) in [6, 6.07) is 7.73. The molecule has 2 N–H and O–H groups in total. The summed E-state index contributed by atoms with van der Waals surface area (Å²) < 4.78 is 10.7. The maximum absolute atomic E-state index is 5.73. The molecule has 4 nitrogen and oxygen atoms in total. The number of pyridine rings is 1. The molecule has 18 heavy (non-hydrogen) atoms. The summed E-state index contributed by atoms with van der Waals surface area (Å²) in [5.41, 5.74) is 8.56. The van der Waals surface area contributed by atoms with Gasteiger partial charge in [0, 0.05) is 17.3 Å². The number of hydrogen-bond donors (Lipinski definition) is 1. The summed E-state index contributed by atoms with van der Waals surface area (Å²) in [6.07, 6.45) is 1.74. The highest BCUT2D eigenvalue weighted by molar-refractivity contribution is 5.74. The van der Waals surface area contributed by atoms with Gasteiger partial charge in [-0.3, -0.25) is 0 Å². The average Bonchev–Trinajstić information content (AvgIpc) is 2.40. The van der Waals surface area contributed by atoms with Crippen LogP contribution in [-0.2, 0) is 0 Å². The van der Waals surface area contributed by atoms with Crippen molar-refractivity contribution in [1.29, 1.82) is 0 Å². The summed E-state index contributed by atoms with van der Waals surface area (Å²) in [4.78, 5) is 4.17. The van der Waals surface area contributed by atoms with E-state index in [2.05, 4.69) is 4.98 Å². The average molecular weight is 244 g/mol. The van der Waals surface area contributed by atoms with E-state index in [4.69, 9.17) is 15.2 Å². The Morgan fingerprint density at radius 2 is 1.94 bits per heavy atom. The van der Waals surface area contributed by atoms with Crippen LogP contribution in [0.25, 0.3) is 11.1 Å². The number of nitrogens with two attached hydrogens (primary N) is 1. The van der Waals surface area contributed by atoms with Crippen LogP contribution in [-0.4, -0.2) is 19.2 Å². The van der Waals surface area contributed by atoms with Gasteiger partial charge in [-0.05, 0) is 24.6 Å². The van der Waals surface area contributed by atoms with Crippen LogP contribution >= 0.6 is 0 Å². The standard InChI is InChI=1S/C14H16N2O2/c1-9-7-10(8-16-14(9)15)11-5-4-6-12(17-2)13(11)18-3/h4-8H,1-3H3,(H2,15,16). The second kappa shape index (κ2) is 4.96. The van der Waals surface area contributed by atoms with E-state index in [-0.39, 0.29) is 0 Å². The lowest BCUT2D eigenvalue weighted by Gasteiger charge is -2.13. The van der Waals surface area contributed by atoms with Crippen LogP contribution in [0, 0.1) is 6.92 Å². The quantitative estimate of drug-likeness (QED) is 0.901. The molecule has 0 radical (unpaired) electrons. The molecule has 0 fully saturated rings. The van der Waals surface area contributed by atoms with Gasteiger partial charge in [-0.2, -0.15) is 0 Å². The maximum Gasteiger partial charge on any atom is 0.168 e. The number of methoxy groups -OCH3 is 2. The molecule has 1 aromatic heterocycles. The second-order valence-corrected chi connectivity index (χ2v) is 3.97. The van der Waals surface area contributed by atoms with Crippen molar-refractivity contribution < 1.29 is 9.47 Å². The van der Waals surface area contributed by atoms with Crippen LogP contribution in [0.15, 0.2) is 30.5 Å². The summed E-state index contributed by atoms with van der Waals surface area (Å²) in [7, 11) is 3.24. The highest BCUT2D eigenvalue weighted by Crippen LogP contribution is 2.37. The minimum atomic E-state index is 0.542. The van der Waals surface area contributed by atoms with E-state index in [9.17, 15) is 0 Å². The Kier molecular flexibility index (Phi) is 3.37. The number of rotatable bonds is 3. The van der Waals surface area contributed by atoms with Gasteiger partial charge in [0.15, 0.2) is 11.5 Å². The fourth-order valence-electron chi connectivity index (χ4n) is 1.85. The van der Waals surface area contributed by atoms with Crippen molar-refractivity contribution in [3.63, 3.8) is 0 Å². The maximum atomic E-state index is 5.73. The Bertz CT molecular complexity index is 568. The summed E-state index contributed by atoms with van der Waals surface area (Å²) in [6.45, 7) is 1.93. The van der Waals surface area contributed by atoms with E-state index in [0.29, 0.717) is 17.3 Å². The number of ether oxygens (including phenoxy) is 2. The molecule has 2 rings (SSSR count). The fourth-order valence-corrected chi connectivity index (χ4v) is 1.85. The first-order valence-corrected chi connectivity index (χ1v) is 5.61. The number of hydrogen-bond acceptors (Lipinski definition) is 4. The van der Waals surface area contributed by atoms with Gasteiger partial charge in [-0.25, -0.2) is 4.98 Å². The van der Waals surface area contributed by atoms with E-state index in [0.717, 1.165) is 16.7 Å². The van der Waals surface area contributed by atoms with Crippen LogP contribution < -0.4 is 15.2 Å². The Hall–Kier alpha value is -2.23. The van der Waals surface area contributed by atoms with Crippen LogP contribution in [0.3, 0.4) is 0 Å². The molecule has 0 unspecified atom stereocenters. The number of para-hydroxylation sites is 1. The fraction of sp³-hybridized carbons (Fsp3) is 0.214. The number of benzene rings is 1. The molecule has 1 heterocycles. The Balaban J connectivity index is 2.59. The zero-order chi connectivity index (χ0) is 13.1. The zero-order valence-electron chi connectivity index (χ0n) is 10.7. The number of aromatic nitrogens is 1. The van der Waals surface area contributed by atoms with Crippen LogP contribution in [0.2, 0.25) is 0 Å². The van der Waals surface area contributed by atoms with Gasteiger partial charge in [0.2, 0.25) is 0 Å². The van der Waals surface area contributed by atoms with E-state index >= 15 is 0 Å². The molecule has 4 heteroatoms. The summed E-state index contributed by atoms with van der Waals surface area (Å²) in [5, 5.41) is 0. The van der Waals surface area contributed by atoms with E-state index in [1.165, 1.54) is 0 Å². The van der Waals surface area contributed by atoms with Crippen LogP contribution in [0.5, 0.6) is 11.5 Å². The van der Waals surface area contributed by atoms with Crippen LogP contribution in [0.4, 0.5) is 5.82 Å². The molecule has 0 saturated carbocycles. The van der Waals surface area contributed by atoms with Gasteiger partial charge in [0.1, 0.15) is 5.82 Å². The SMILES string of the molecule is COc1cccc(-c2cnc(N)c(C)c2)c1OC. The summed E-state index contributed by atoms with van der Waals surface area (Å²) >= 11 is 0. The Morgan fingerprint density at radius 1 is 1.17 bits per heavy atom. The molecular formula is C14H16N2O2. The predicted octanol–water partition coefficient (Wildman–Crippen LogP) is 2.66. The van der Waals surface area contributed by atoms with Crippen molar-refractivity contribution in [3.8, 4) is 22.6 Å². The third-order valence-electron chi connectivity index (χ3n) is 2.83. The third kappa shape index (κ3) is 2.09. The minimum absolute atomic E-state index is 0.542. The van der Waals surface area contributed by atoms with Crippen LogP contribution in [0.1, 0.15) is 5.56 Å². The molecule has 0 atom stereocenters. The first-order valence-electron chi connectivity index (χ1n) is 5.61. The number of anilines is 1. The van der Waals surface area contributed by atoms with Crippen molar-refractivity contribution in [2.45, 2.75) is 6.92 Å². The van der Waals surface area contributed by atoms with Crippen molar-refractivity contribution in [1.82, 2.24) is 4.98 Å². The van der Waals surface area contributed by atoms with Gasteiger partial charge < -0.3 is 15.2 Å². The zero-order valence-corrected chi connectivity index (χ0v) is 10.7. The topological polar surface area (TPSA) is 57.4 Å². The lowest BCUT2D eigenvalue weighted by atomic mass is 10.0. The molecule has 0 aliphatic carbocycles. The molecule has 0 saturated heterocycles. The molecule has 0 aliphatic heterocycles. The number of nitrogens with zero attached hydrogens (tertiary/aromatic N) is 1. The number of nitrogen functional groups attached to an aromatic ring is 1. The lowest BCUT2D eigenvalue weighted by Crippen LogP contribution is -1.96. The van der Waals surface area contributed by atoms with Gasteiger partial charge in [-0.1, -0.05) is 12.1 Å². The highest BCUT2D eigenvalue weighted by atomic mass is 16.5. The normalized spacial score (nSPS) is 10.2. The number of aryl methyl sites for hydroxylation is 1. The predicted molar refractivity (Wildman–Crippen MR) is 71.9 cm³/mol. The largest absolute Gasteiger partial charge is 0.493 e. The van der Waals surface area contributed by atoms with Crippen molar-refractivity contribution >= 4 is 5.82 Å². The van der Waals surface area contributed by atoms with Gasteiger partial charge in [0.25, 0.3) is 0 Å². The first-order chi connectivity index (χ1) is 8.67. The van der Waals surface area contributed by atoms with Gasteiger partial charge in [-0.15, -0.1) is 0 Å². The van der Waals surface area contributed by atoms with Crippen molar-refractivity contribution in [3.05, 3.63) is 36.0 Å². The molecule has 0 amide bonds.